The molecule has 2 atom stereocenters. The van der Waals surface area contributed by atoms with E-state index in [0.717, 1.165) is 0 Å². The molecular formula is C19H17N. The van der Waals surface area contributed by atoms with Crippen molar-refractivity contribution in [1.29, 1.82) is 0 Å². The lowest BCUT2D eigenvalue weighted by Crippen LogP contribution is -2.12. The van der Waals surface area contributed by atoms with Gasteiger partial charge in [-0.15, -0.1) is 0 Å². The summed E-state index contributed by atoms with van der Waals surface area (Å²) < 4.78 is 0. The van der Waals surface area contributed by atoms with Crippen LogP contribution in [0.3, 0.4) is 0 Å². The fourth-order valence-corrected chi connectivity index (χ4v) is 3.48. The summed E-state index contributed by atoms with van der Waals surface area (Å²) >= 11 is 0. The van der Waals surface area contributed by atoms with E-state index >= 15 is 0 Å². The Kier molecular flexibility index (Phi) is 2.53. The molecule has 0 fully saturated rings. The molecule has 0 radical (unpaired) electrons. The second kappa shape index (κ2) is 4.38. The Bertz CT molecular complexity index is 697. The van der Waals surface area contributed by atoms with Crippen LogP contribution in [0.5, 0.6) is 0 Å². The summed E-state index contributed by atoms with van der Waals surface area (Å²) in [6, 6.07) is 19.7. The van der Waals surface area contributed by atoms with E-state index in [1.165, 1.54) is 22.3 Å². The summed E-state index contributed by atoms with van der Waals surface area (Å²) in [6.45, 7) is 0. The largest absolute Gasteiger partial charge is 0.358 e. The molecule has 2 aromatic rings. The summed E-state index contributed by atoms with van der Waals surface area (Å²) in [5.41, 5.74) is 5.78. The van der Waals surface area contributed by atoms with Crippen molar-refractivity contribution >= 4 is 0 Å². The van der Waals surface area contributed by atoms with Crippen LogP contribution >= 0.6 is 0 Å². The second-order valence-corrected chi connectivity index (χ2v) is 5.59. The molecule has 0 aromatic heterocycles. The lowest BCUT2D eigenvalue weighted by molar-refractivity contribution is 0.590. The molecule has 2 aromatic carbocycles. The molecule has 0 spiro atoms. The minimum absolute atomic E-state index is 0.393. The standard InChI is InChI=1S/C19H17N/c1-20-12-11-16-15-9-5-6-10-17(15)19(18(16)13-20)14-7-3-2-4-8-14/h2-13,16,19H,1H3/t16-,19-/m1/s1. The molecule has 0 saturated heterocycles. The van der Waals surface area contributed by atoms with Gasteiger partial charge in [-0.2, -0.15) is 0 Å². The Morgan fingerprint density at radius 3 is 2.35 bits per heavy atom. The van der Waals surface area contributed by atoms with Gasteiger partial charge in [0.05, 0.1) is 0 Å². The average Bonchev–Trinajstić information content (AvgIpc) is 2.81. The predicted molar refractivity (Wildman–Crippen MR) is 82.5 cm³/mol. The number of rotatable bonds is 1. The van der Waals surface area contributed by atoms with Crippen molar-refractivity contribution in [3.8, 4) is 0 Å². The molecule has 1 nitrogen and oxygen atoms in total. The van der Waals surface area contributed by atoms with Crippen molar-refractivity contribution < 1.29 is 0 Å². The molecule has 20 heavy (non-hydrogen) atoms. The quantitative estimate of drug-likeness (QED) is 0.739. The predicted octanol–water partition coefficient (Wildman–Crippen LogP) is 4.26. The van der Waals surface area contributed by atoms with E-state index < -0.39 is 0 Å². The number of allylic oxidation sites excluding steroid dienone is 2. The summed E-state index contributed by atoms with van der Waals surface area (Å²) in [4.78, 5) is 2.16. The molecular weight excluding hydrogens is 242 g/mol. The van der Waals surface area contributed by atoms with E-state index in [1.807, 2.05) is 0 Å². The normalized spacial score (nSPS) is 23.2. The minimum atomic E-state index is 0.393. The van der Waals surface area contributed by atoms with Crippen molar-refractivity contribution in [2.75, 3.05) is 7.05 Å². The summed E-state index contributed by atoms with van der Waals surface area (Å²) in [6.07, 6.45) is 6.78. The van der Waals surface area contributed by atoms with E-state index in [4.69, 9.17) is 0 Å². The smallest absolute Gasteiger partial charge is 0.0328 e. The zero-order valence-corrected chi connectivity index (χ0v) is 11.5. The van der Waals surface area contributed by atoms with Gasteiger partial charge in [0.25, 0.3) is 0 Å². The van der Waals surface area contributed by atoms with Crippen molar-refractivity contribution in [2.45, 2.75) is 11.8 Å². The number of benzene rings is 2. The van der Waals surface area contributed by atoms with Crippen LogP contribution in [0.1, 0.15) is 28.5 Å². The third-order valence-corrected chi connectivity index (χ3v) is 4.33. The lowest BCUT2D eigenvalue weighted by Gasteiger charge is -2.23. The molecule has 98 valence electrons. The van der Waals surface area contributed by atoms with Crippen LogP contribution in [0, 0.1) is 0 Å². The third kappa shape index (κ3) is 1.63. The van der Waals surface area contributed by atoms with Gasteiger partial charge in [0.1, 0.15) is 0 Å². The first-order chi connectivity index (χ1) is 9.84. The molecule has 0 saturated carbocycles. The second-order valence-electron chi connectivity index (χ2n) is 5.59. The first-order valence-corrected chi connectivity index (χ1v) is 7.10. The van der Waals surface area contributed by atoms with Crippen molar-refractivity contribution in [2.24, 2.45) is 0 Å². The van der Waals surface area contributed by atoms with E-state index in [-0.39, 0.29) is 0 Å². The molecule has 0 unspecified atom stereocenters. The number of hydrogen-bond acceptors (Lipinski definition) is 1. The fourth-order valence-electron chi connectivity index (χ4n) is 3.48. The van der Waals surface area contributed by atoms with Gasteiger partial charge in [-0.3, -0.25) is 0 Å². The summed E-state index contributed by atoms with van der Waals surface area (Å²) in [5, 5.41) is 0. The molecule has 0 amide bonds. The molecule has 0 N–H and O–H groups in total. The van der Waals surface area contributed by atoms with Gasteiger partial charge in [-0.1, -0.05) is 60.7 Å². The van der Waals surface area contributed by atoms with Crippen LogP contribution in [-0.4, -0.2) is 11.9 Å². The van der Waals surface area contributed by atoms with Crippen molar-refractivity contribution in [3.63, 3.8) is 0 Å². The zero-order chi connectivity index (χ0) is 13.5. The van der Waals surface area contributed by atoms with Gasteiger partial charge in [-0.25, -0.2) is 0 Å². The monoisotopic (exact) mass is 259 g/mol. The topological polar surface area (TPSA) is 3.24 Å². The Balaban J connectivity index is 1.93. The minimum Gasteiger partial charge on any atom is -0.358 e. The average molecular weight is 259 g/mol. The Hall–Kier alpha value is -2.28. The van der Waals surface area contributed by atoms with Crippen LogP contribution < -0.4 is 0 Å². The molecule has 4 rings (SSSR count). The number of fused-ring (bicyclic) bond motifs is 3. The molecule has 1 heterocycles. The number of hydrogen-bond donors (Lipinski definition) is 0. The lowest BCUT2D eigenvalue weighted by atomic mass is 9.87. The van der Waals surface area contributed by atoms with Gasteiger partial charge in [-0.05, 0) is 22.3 Å². The van der Waals surface area contributed by atoms with Crippen LogP contribution in [-0.2, 0) is 0 Å². The SMILES string of the molecule is CN1C=C[C@H]2C(=C1)[C@H](c1ccccc1)c1ccccc12. The van der Waals surface area contributed by atoms with E-state index in [9.17, 15) is 0 Å². The summed E-state index contributed by atoms with van der Waals surface area (Å²) in [5.74, 6) is 0.831. The molecule has 1 heteroatoms. The maximum Gasteiger partial charge on any atom is 0.0328 e. The third-order valence-electron chi connectivity index (χ3n) is 4.33. The summed E-state index contributed by atoms with van der Waals surface area (Å²) in [7, 11) is 2.10. The van der Waals surface area contributed by atoms with Gasteiger partial charge in [0.2, 0.25) is 0 Å². The van der Waals surface area contributed by atoms with E-state index in [2.05, 4.69) is 85.0 Å². The highest BCUT2D eigenvalue weighted by molar-refractivity contribution is 5.58. The first-order valence-electron chi connectivity index (χ1n) is 7.10. The Labute approximate surface area is 119 Å². The van der Waals surface area contributed by atoms with Crippen LogP contribution in [0.4, 0.5) is 0 Å². The highest BCUT2D eigenvalue weighted by Gasteiger charge is 2.36. The maximum absolute atomic E-state index is 2.32. The molecule has 1 aliphatic carbocycles. The highest BCUT2D eigenvalue weighted by Crippen LogP contribution is 2.50. The Morgan fingerprint density at radius 1 is 0.850 bits per heavy atom. The van der Waals surface area contributed by atoms with Crippen LogP contribution in [0.15, 0.2) is 78.6 Å². The Morgan fingerprint density at radius 2 is 1.55 bits per heavy atom. The first kappa shape index (κ1) is 11.5. The van der Waals surface area contributed by atoms with Crippen LogP contribution in [0.2, 0.25) is 0 Å². The molecule has 0 bridgehead atoms. The zero-order valence-electron chi connectivity index (χ0n) is 11.5. The number of nitrogens with zero attached hydrogens (tertiary/aromatic N) is 1. The fraction of sp³-hybridized carbons (Fsp3) is 0.158. The van der Waals surface area contributed by atoms with E-state index in [1.54, 1.807) is 0 Å². The maximum atomic E-state index is 2.32. The van der Waals surface area contributed by atoms with E-state index in [0.29, 0.717) is 11.8 Å². The molecule has 2 aliphatic rings. The van der Waals surface area contributed by atoms with Gasteiger partial charge in [0.15, 0.2) is 0 Å². The van der Waals surface area contributed by atoms with Crippen LogP contribution in [0.25, 0.3) is 0 Å². The van der Waals surface area contributed by atoms with Crippen molar-refractivity contribution in [1.82, 2.24) is 4.90 Å². The van der Waals surface area contributed by atoms with Gasteiger partial charge in [0, 0.05) is 31.3 Å². The van der Waals surface area contributed by atoms with Gasteiger partial charge < -0.3 is 4.90 Å². The molecule has 1 aliphatic heterocycles. The van der Waals surface area contributed by atoms with Crippen molar-refractivity contribution in [3.05, 3.63) is 95.3 Å². The van der Waals surface area contributed by atoms with Gasteiger partial charge >= 0.3 is 0 Å². The highest BCUT2D eigenvalue weighted by atomic mass is 15.1.